The lowest BCUT2D eigenvalue weighted by atomic mass is 10.2. The van der Waals surface area contributed by atoms with Crippen molar-refractivity contribution in [2.24, 2.45) is 0 Å². The van der Waals surface area contributed by atoms with Crippen LogP contribution in [0.25, 0.3) is 0 Å². The number of hydrogen-bond acceptors (Lipinski definition) is 2. The van der Waals surface area contributed by atoms with Crippen molar-refractivity contribution in [3.63, 3.8) is 0 Å². The summed E-state index contributed by atoms with van der Waals surface area (Å²) in [6.07, 6.45) is -5.40. The van der Waals surface area contributed by atoms with E-state index in [1.807, 2.05) is 0 Å². The quantitative estimate of drug-likeness (QED) is 0.668. The summed E-state index contributed by atoms with van der Waals surface area (Å²) in [6, 6.07) is 1.75. The molecule has 0 aromatic heterocycles. The molecule has 0 aromatic carbocycles. The van der Waals surface area contributed by atoms with Gasteiger partial charge in [-0.3, -0.25) is 4.79 Å². The molecule has 0 aromatic rings. The summed E-state index contributed by atoms with van der Waals surface area (Å²) in [6.45, 7) is 1.97. The summed E-state index contributed by atoms with van der Waals surface area (Å²) in [5, 5.41) is 8.37. The Bertz CT molecular complexity index is 245. The molecule has 86 valence electrons. The van der Waals surface area contributed by atoms with Crippen LogP contribution in [-0.4, -0.2) is 30.1 Å². The number of alkyl halides is 3. The van der Waals surface area contributed by atoms with Crippen molar-refractivity contribution in [2.75, 3.05) is 13.1 Å². The summed E-state index contributed by atoms with van der Waals surface area (Å²) < 4.78 is 35.4. The normalized spacial score (nSPS) is 10.9. The number of halogens is 3. The predicted octanol–water partition coefficient (Wildman–Crippen LogP) is 2.09. The molecule has 6 heteroatoms. The van der Waals surface area contributed by atoms with Gasteiger partial charge in [0.15, 0.2) is 0 Å². The zero-order chi connectivity index (χ0) is 11.9. The second kappa shape index (κ2) is 6.27. The van der Waals surface area contributed by atoms with E-state index in [1.54, 1.807) is 13.0 Å². The van der Waals surface area contributed by atoms with Gasteiger partial charge in [0, 0.05) is 13.0 Å². The minimum atomic E-state index is -4.32. The lowest BCUT2D eigenvalue weighted by Gasteiger charge is -2.18. The van der Waals surface area contributed by atoms with Crippen LogP contribution in [0.1, 0.15) is 26.2 Å². The van der Waals surface area contributed by atoms with E-state index in [0.29, 0.717) is 13.0 Å². The third-order valence-electron chi connectivity index (χ3n) is 1.73. The van der Waals surface area contributed by atoms with Gasteiger partial charge < -0.3 is 4.90 Å². The molecule has 0 spiro atoms. The van der Waals surface area contributed by atoms with Gasteiger partial charge in [0.2, 0.25) is 5.91 Å². The molecule has 0 bridgehead atoms. The standard InChI is InChI=1S/C9H13F3N2O/c1-2-6-14(7-5-13)8(15)3-4-9(10,11)12/h2-4,6-7H2,1H3. The Kier molecular flexibility index (Phi) is 5.75. The molecule has 1 amide bonds. The lowest BCUT2D eigenvalue weighted by Crippen LogP contribution is -2.32. The molecule has 15 heavy (non-hydrogen) atoms. The van der Waals surface area contributed by atoms with Gasteiger partial charge in [-0.05, 0) is 6.42 Å². The molecule has 0 aliphatic rings. The van der Waals surface area contributed by atoms with Gasteiger partial charge in [0.25, 0.3) is 0 Å². The first kappa shape index (κ1) is 13.8. The number of nitriles is 1. The van der Waals surface area contributed by atoms with Crippen LogP contribution >= 0.6 is 0 Å². The Morgan fingerprint density at radius 3 is 2.47 bits per heavy atom. The second-order valence-corrected chi connectivity index (χ2v) is 3.09. The minimum Gasteiger partial charge on any atom is -0.329 e. The smallest absolute Gasteiger partial charge is 0.329 e. The molecule has 0 N–H and O–H groups in total. The second-order valence-electron chi connectivity index (χ2n) is 3.09. The molecule has 0 aliphatic heterocycles. The van der Waals surface area contributed by atoms with Crippen molar-refractivity contribution in [1.29, 1.82) is 5.26 Å². The maximum Gasteiger partial charge on any atom is 0.389 e. The highest BCUT2D eigenvalue weighted by Gasteiger charge is 2.28. The molecule has 0 atom stereocenters. The van der Waals surface area contributed by atoms with Crippen molar-refractivity contribution >= 4 is 5.91 Å². The number of carbonyl (C=O) groups is 1. The van der Waals surface area contributed by atoms with Gasteiger partial charge in [-0.25, -0.2) is 0 Å². The van der Waals surface area contributed by atoms with E-state index in [2.05, 4.69) is 0 Å². The maximum absolute atomic E-state index is 11.8. The van der Waals surface area contributed by atoms with Crippen LogP contribution in [-0.2, 0) is 4.79 Å². The molecule has 0 heterocycles. The topological polar surface area (TPSA) is 44.1 Å². The molecular formula is C9H13F3N2O. The van der Waals surface area contributed by atoms with E-state index in [0.717, 1.165) is 4.90 Å². The summed E-state index contributed by atoms with van der Waals surface area (Å²) >= 11 is 0. The first-order chi connectivity index (χ1) is 6.90. The average Bonchev–Trinajstić information content (AvgIpc) is 2.13. The number of rotatable bonds is 5. The Morgan fingerprint density at radius 2 is 2.07 bits per heavy atom. The number of amides is 1. The van der Waals surface area contributed by atoms with E-state index in [1.165, 1.54) is 0 Å². The van der Waals surface area contributed by atoms with E-state index in [4.69, 9.17) is 5.26 Å². The Hall–Kier alpha value is -1.25. The summed E-state index contributed by atoms with van der Waals surface area (Å²) in [7, 11) is 0. The Balaban J connectivity index is 4.09. The average molecular weight is 222 g/mol. The zero-order valence-corrected chi connectivity index (χ0v) is 8.47. The Labute approximate surface area is 86.5 Å². The summed E-state index contributed by atoms with van der Waals surface area (Å²) in [5.74, 6) is -0.615. The van der Waals surface area contributed by atoms with E-state index >= 15 is 0 Å². The minimum absolute atomic E-state index is 0.148. The van der Waals surface area contributed by atoms with Crippen molar-refractivity contribution in [3.8, 4) is 6.07 Å². The van der Waals surface area contributed by atoms with E-state index in [-0.39, 0.29) is 6.54 Å². The predicted molar refractivity (Wildman–Crippen MR) is 47.8 cm³/mol. The fourth-order valence-electron chi connectivity index (χ4n) is 1.05. The fraction of sp³-hybridized carbons (Fsp3) is 0.778. The molecule has 0 saturated carbocycles. The van der Waals surface area contributed by atoms with Gasteiger partial charge in [-0.15, -0.1) is 0 Å². The van der Waals surface area contributed by atoms with Gasteiger partial charge in [-0.2, -0.15) is 18.4 Å². The number of carbonyl (C=O) groups excluding carboxylic acids is 1. The van der Waals surface area contributed by atoms with Crippen molar-refractivity contribution in [1.82, 2.24) is 4.90 Å². The molecule has 0 radical (unpaired) electrons. The van der Waals surface area contributed by atoms with E-state index in [9.17, 15) is 18.0 Å². The first-order valence-electron chi connectivity index (χ1n) is 4.62. The van der Waals surface area contributed by atoms with Crippen LogP contribution in [0.15, 0.2) is 0 Å². The first-order valence-corrected chi connectivity index (χ1v) is 4.62. The fourth-order valence-corrected chi connectivity index (χ4v) is 1.05. The highest BCUT2D eigenvalue weighted by Crippen LogP contribution is 2.21. The maximum atomic E-state index is 11.8. The molecule has 0 saturated heterocycles. The van der Waals surface area contributed by atoms with Crippen LogP contribution in [0, 0.1) is 11.3 Å². The number of nitrogens with zero attached hydrogens (tertiary/aromatic N) is 2. The molecule has 3 nitrogen and oxygen atoms in total. The summed E-state index contributed by atoms with van der Waals surface area (Å²) in [4.78, 5) is 12.4. The molecule has 0 fully saturated rings. The molecule has 0 unspecified atom stereocenters. The van der Waals surface area contributed by atoms with Gasteiger partial charge >= 0.3 is 6.18 Å². The zero-order valence-electron chi connectivity index (χ0n) is 8.47. The molecule has 0 aliphatic carbocycles. The van der Waals surface area contributed by atoms with Crippen LogP contribution in [0.4, 0.5) is 13.2 Å². The third-order valence-corrected chi connectivity index (χ3v) is 1.73. The molecular weight excluding hydrogens is 209 g/mol. The van der Waals surface area contributed by atoms with Crippen molar-refractivity contribution in [3.05, 3.63) is 0 Å². The van der Waals surface area contributed by atoms with Gasteiger partial charge in [0.1, 0.15) is 6.54 Å². The van der Waals surface area contributed by atoms with Gasteiger partial charge in [0.05, 0.1) is 12.5 Å². The lowest BCUT2D eigenvalue weighted by molar-refractivity contribution is -0.148. The van der Waals surface area contributed by atoms with E-state index < -0.39 is 24.9 Å². The van der Waals surface area contributed by atoms with Crippen molar-refractivity contribution < 1.29 is 18.0 Å². The highest BCUT2D eigenvalue weighted by atomic mass is 19.4. The third kappa shape index (κ3) is 6.77. The van der Waals surface area contributed by atoms with Crippen molar-refractivity contribution in [2.45, 2.75) is 32.4 Å². The van der Waals surface area contributed by atoms with Gasteiger partial charge in [-0.1, -0.05) is 6.92 Å². The molecule has 0 rings (SSSR count). The Morgan fingerprint density at radius 1 is 1.47 bits per heavy atom. The van der Waals surface area contributed by atoms with Crippen LogP contribution < -0.4 is 0 Å². The SMILES string of the molecule is CCCN(CC#N)C(=O)CCC(F)(F)F. The number of hydrogen-bond donors (Lipinski definition) is 0. The van der Waals surface area contributed by atoms with Crippen LogP contribution in [0.5, 0.6) is 0 Å². The van der Waals surface area contributed by atoms with Crippen LogP contribution in [0.3, 0.4) is 0 Å². The summed E-state index contributed by atoms with van der Waals surface area (Å²) in [5.41, 5.74) is 0. The highest BCUT2D eigenvalue weighted by molar-refractivity contribution is 5.76. The monoisotopic (exact) mass is 222 g/mol. The van der Waals surface area contributed by atoms with Crippen LogP contribution in [0.2, 0.25) is 0 Å². The largest absolute Gasteiger partial charge is 0.389 e.